The third-order valence-electron chi connectivity index (χ3n) is 4.94. The van der Waals surface area contributed by atoms with Gasteiger partial charge in [0.15, 0.2) is 0 Å². The fraction of sp³-hybridized carbons (Fsp3) is 0.304. The van der Waals surface area contributed by atoms with Crippen LogP contribution in [0.2, 0.25) is 0 Å². The van der Waals surface area contributed by atoms with E-state index in [1.54, 1.807) is 11.8 Å². The Kier molecular flexibility index (Phi) is 5.83. The topological polar surface area (TPSA) is 47.4 Å². The Bertz CT molecular complexity index is 987. The number of rotatable bonds is 6. The lowest BCUT2D eigenvalue weighted by Gasteiger charge is -2.19. The van der Waals surface area contributed by atoms with Crippen LogP contribution in [0.3, 0.4) is 0 Å². The molecular formula is C23H27N3O2. The SMILES string of the molecule is CCN(CC)C(=O)c1cc(-c2cccc(OC)c2)nn1-c1cc(C)ccc1C. The van der Waals surface area contributed by atoms with Crippen LogP contribution in [0.1, 0.15) is 35.5 Å². The maximum Gasteiger partial charge on any atom is 0.272 e. The summed E-state index contributed by atoms with van der Waals surface area (Å²) in [6.07, 6.45) is 0. The van der Waals surface area contributed by atoms with Gasteiger partial charge in [-0.15, -0.1) is 0 Å². The summed E-state index contributed by atoms with van der Waals surface area (Å²) in [4.78, 5) is 15.0. The van der Waals surface area contributed by atoms with Crippen molar-refractivity contribution in [3.8, 4) is 22.7 Å². The van der Waals surface area contributed by atoms with E-state index < -0.39 is 0 Å². The zero-order valence-electron chi connectivity index (χ0n) is 17.2. The highest BCUT2D eigenvalue weighted by atomic mass is 16.5. The Morgan fingerprint density at radius 3 is 2.50 bits per heavy atom. The second-order valence-corrected chi connectivity index (χ2v) is 6.83. The summed E-state index contributed by atoms with van der Waals surface area (Å²) in [6.45, 7) is 9.37. The quantitative estimate of drug-likeness (QED) is 0.628. The zero-order chi connectivity index (χ0) is 20.3. The number of hydrogen-bond acceptors (Lipinski definition) is 3. The van der Waals surface area contributed by atoms with Crippen LogP contribution in [0.5, 0.6) is 5.75 Å². The number of amides is 1. The zero-order valence-corrected chi connectivity index (χ0v) is 17.2. The summed E-state index contributed by atoms with van der Waals surface area (Å²) in [7, 11) is 1.64. The molecule has 146 valence electrons. The predicted molar refractivity (Wildman–Crippen MR) is 112 cm³/mol. The highest BCUT2D eigenvalue weighted by Crippen LogP contribution is 2.27. The molecule has 0 saturated carbocycles. The highest BCUT2D eigenvalue weighted by Gasteiger charge is 2.22. The van der Waals surface area contributed by atoms with Crippen molar-refractivity contribution in [1.29, 1.82) is 0 Å². The first-order chi connectivity index (χ1) is 13.5. The molecule has 0 spiro atoms. The second-order valence-electron chi connectivity index (χ2n) is 6.83. The molecule has 0 bridgehead atoms. The Hall–Kier alpha value is -3.08. The molecule has 5 heteroatoms. The molecule has 0 fully saturated rings. The smallest absolute Gasteiger partial charge is 0.272 e. The predicted octanol–water partition coefficient (Wildman–Crippen LogP) is 4.65. The number of methoxy groups -OCH3 is 1. The van der Waals surface area contributed by atoms with E-state index in [2.05, 4.69) is 18.2 Å². The van der Waals surface area contributed by atoms with Crippen LogP contribution >= 0.6 is 0 Å². The van der Waals surface area contributed by atoms with Crippen LogP contribution < -0.4 is 4.74 Å². The van der Waals surface area contributed by atoms with Crippen LogP contribution in [0.15, 0.2) is 48.5 Å². The summed E-state index contributed by atoms with van der Waals surface area (Å²) in [5.41, 5.74) is 5.34. The van der Waals surface area contributed by atoms with Gasteiger partial charge in [-0.1, -0.05) is 24.3 Å². The standard InChI is InChI=1S/C23H27N3O2/c1-6-25(7-2)23(27)22-15-20(18-9-8-10-19(14-18)28-5)24-26(22)21-13-16(3)11-12-17(21)4/h8-15H,6-7H2,1-5H3. The molecule has 1 heterocycles. The molecule has 0 aliphatic rings. The molecule has 0 radical (unpaired) electrons. The van der Waals surface area contributed by atoms with Crippen LogP contribution in [-0.2, 0) is 0 Å². The van der Waals surface area contributed by atoms with Gasteiger partial charge >= 0.3 is 0 Å². The van der Waals surface area contributed by atoms with Gasteiger partial charge < -0.3 is 9.64 Å². The number of benzene rings is 2. The lowest BCUT2D eigenvalue weighted by Crippen LogP contribution is -2.32. The average molecular weight is 377 g/mol. The van der Waals surface area contributed by atoms with Gasteiger partial charge in [-0.2, -0.15) is 5.10 Å². The van der Waals surface area contributed by atoms with Crippen molar-refractivity contribution in [2.24, 2.45) is 0 Å². The van der Waals surface area contributed by atoms with Crippen molar-refractivity contribution in [2.75, 3.05) is 20.2 Å². The third-order valence-corrected chi connectivity index (χ3v) is 4.94. The van der Waals surface area contributed by atoms with Gasteiger partial charge in [0.2, 0.25) is 0 Å². The summed E-state index contributed by atoms with van der Waals surface area (Å²) in [6, 6.07) is 15.8. The fourth-order valence-electron chi connectivity index (χ4n) is 3.26. The molecule has 28 heavy (non-hydrogen) atoms. The molecule has 1 aromatic heterocycles. The molecule has 0 aliphatic heterocycles. The molecule has 0 N–H and O–H groups in total. The van der Waals surface area contributed by atoms with E-state index in [4.69, 9.17) is 9.84 Å². The van der Waals surface area contributed by atoms with Gasteiger partial charge in [0.25, 0.3) is 5.91 Å². The number of aromatic nitrogens is 2. The number of aryl methyl sites for hydroxylation is 2. The van der Waals surface area contributed by atoms with E-state index in [1.807, 2.05) is 62.9 Å². The van der Waals surface area contributed by atoms with Crippen LogP contribution in [0.25, 0.3) is 16.9 Å². The Morgan fingerprint density at radius 1 is 1.07 bits per heavy atom. The number of carbonyl (C=O) groups excluding carboxylic acids is 1. The molecular weight excluding hydrogens is 350 g/mol. The van der Waals surface area contributed by atoms with Gasteiger partial charge in [-0.05, 0) is 63.1 Å². The van der Waals surface area contributed by atoms with Crippen LogP contribution in [0.4, 0.5) is 0 Å². The lowest BCUT2D eigenvalue weighted by atomic mass is 10.1. The van der Waals surface area contributed by atoms with Crippen molar-refractivity contribution in [1.82, 2.24) is 14.7 Å². The van der Waals surface area contributed by atoms with Gasteiger partial charge in [-0.25, -0.2) is 4.68 Å². The van der Waals surface area contributed by atoms with E-state index in [9.17, 15) is 4.79 Å². The number of nitrogens with zero attached hydrogens (tertiary/aromatic N) is 3. The van der Waals surface area contributed by atoms with E-state index in [0.717, 1.165) is 33.8 Å². The molecule has 0 saturated heterocycles. The van der Waals surface area contributed by atoms with E-state index in [1.165, 1.54) is 0 Å². The molecule has 5 nitrogen and oxygen atoms in total. The van der Waals surface area contributed by atoms with Gasteiger partial charge in [-0.3, -0.25) is 4.79 Å². The van der Waals surface area contributed by atoms with E-state index in [-0.39, 0.29) is 5.91 Å². The average Bonchev–Trinajstić information content (AvgIpc) is 3.16. The molecule has 0 unspecified atom stereocenters. The van der Waals surface area contributed by atoms with Crippen molar-refractivity contribution in [3.63, 3.8) is 0 Å². The van der Waals surface area contributed by atoms with Crippen molar-refractivity contribution < 1.29 is 9.53 Å². The molecule has 1 amide bonds. The molecule has 0 aliphatic carbocycles. The summed E-state index contributed by atoms with van der Waals surface area (Å²) in [5.74, 6) is 0.739. The van der Waals surface area contributed by atoms with Gasteiger partial charge in [0.05, 0.1) is 18.5 Å². The van der Waals surface area contributed by atoms with E-state index in [0.29, 0.717) is 18.8 Å². The largest absolute Gasteiger partial charge is 0.497 e. The minimum Gasteiger partial charge on any atom is -0.497 e. The minimum absolute atomic E-state index is 0.0208. The molecule has 0 atom stereocenters. The first-order valence-electron chi connectivity index (χ1n) is 9.59. The Balaban J connectivity index is 2.20. The minimum atomic E-state index is -0.0208. The second kappa shape index (κ2) is 8.30. The Morgan fingerprint density at radius 2 is 1.82 bits per heavy atom. The lowest BCUT2D eigenvalue weighted by molar-refractivity contribution is 0.0764. The number of ether oxygens (including phenoxy) is 1. The number of carbonyl (C=O) groups is 1. The highest BCUT2D eigenvalue weighted by molar-refractivity contribution is 5.94. The molecule has 2 aromatic carbocycles. The van der Waals surface area contributed by atoms with Crippen molar-refractivity contribution in [3.05, 3.63) is 65.4 Å². The van der Waals surface area contributed by atoms with Crippen molar-refractivity contribution >= 4 is 5.91 Å². The maximum absolute atomic E-state index is 13.2. The number of hydrogen-bond donors (Lipinski definition) is 0. The van der Waals surface area contributed by atoms with Gasteiger partial charge in [0, 0.05) is 18.7 Å². The molecule has 3 rings (SSSR count). The van der Waals surface area contributed by atoms with E-state index >= 15 is 0 Å². The van der Waals surface area contributed by atoms with Crippen LogP contribution in [0, 0.1) is 13.8 Å². The fourth-order valence-corrected chi connectivity index (χ4v) is 3.26. The summed E-state index contributed by atoms with van der Waals surface area (Å²) >= 11 is 0. The first kappa shape index (κ1) is 19.7. The summed E-state index contributed by atoms with van der Waals surface area (Å²) in [5, 5.41) is 4.81. The van der Waals surface area contributed by atoms with Gasteiger partial charge in [0.1, 0.15) is 11.4 Å². The molecule has 3 aromatic rings. The first-order valence-corrected chi connectivity index (χ1v) is 9.59. The van der Waals surface area contributed by atoms with Crippen LogP contribution in [-0.4, -0.2) is 40.8 Å². The van der Waals surface area contributed by atoms with Crippen molar-refractivity contribution in [2.45, 2.75) is 27.7 Å². The third kappa shape index (κ3) is 3.79. The maximum atomic E-state index is 13.2. The summed E-state index contributed by atoms with van der Waals surface area (Å²) < 4.78 is 7.12. The normalized spacial score (nSPS) is 10.8. The monoisotopic (exact) mass is 377 g/mol. The Labute approximate surface area is 166 Å².